The molecule has 0 radical (unpaired) electrons. The summed E-state index contributed by atoms with van der Waals surface area (Å²) in [6.07, 6.45) is 0. The van der Waals surface area contributed by atoms with Gasteiger partial charge in [-0.25, -0.2) is 0 Å². The number of benzene rings is 8. The van der Waals surface area contributed by atoms with E-state index < -0.39 is 0 Å². The van der Waals surface area contributed by atoms with Crippen LogP contribution in [0.15, 0.2) is 156 Å². The van der Waals surface area contributed by atoms with E-state index in [0.29, 0.717) is 0 Å². The van der Waals surface area contributed by atoms with Crippen LogP contribution in [0.3, 0.4) is 0 Å². The molecule has 0 fully saturated rings. The molecule has 0 saturated heterocycles. The lowest BCUT2D eigenvalue weighted by molar-refractivity contribution is 0.660. The van der Waals surface area contributed by atoms with Crippen molar-refractivity contribution in [2.75, 3.05) is 5.32 Å². The Morgan fingerprint density at radius 3 is 2.29 bits per heavy atom. The number of furan rings is 1. The molecule has 13 rings (SSSR count). The van der Waals surface area contributed by atoms with Crippen molar-refractivity contribution < 1.29 is 4.42 Å². The smallest absolute Gasteiger partial charge is 0.198 e. The van der Waals surface area contributed by atoms with Crippen molar-refractivity contribution in [3.05, 3.63) is 163 Å². The minimum absolute atomic E-state index is 0.100. The SMILES string of the molecule is CC1(C)c2ccccc2-c2ccc(Nc3c(-c4c5c(cc6c4oc4ccccc46)-n4c6c(cccc6c6sc7ccccc7c64)B5)ccc4ccccc34)cc21. The van der Waals surface area contributed by atoms with Crippen molar-refractivity contribution in [1.82, 2.24) is 4.57 Å². The first kappa shape index (κ1) is 30.7. The van der Waals surface area contributed by atoms with E-state index in [4.69, 9.17) is 4.42 Å². The molecule has 8 aromatic carbocycles. The van der Waals surface area contributed by atoms with E-state index >= 15 is 0 Å². The molecule has 262 valence electrons. The molecular weight excluding hydrogens is 699 g/mol. The van der Waals surface area contributed by atoms with Gasteiger partial charge in [0.25, 0.3) is 0 Å². The zero-order valence-electron chi connectivity index (χ0n) is 30.9. The highest BCUT2D eigenvalue weighted by atomic mass is 32.1. The molecule has 0 saturated carbocycles. The zero-order valence-corrected chi connectivity index (χ0v) is 31.7. The van der Waals surface area contributed by atoms with Gasteiger partial charge in [0.05, 0.1) is 15.9 Å². The van der Waals surface area contributed by atoms with Gasteiger partial charge in [0, 0.05) is 65.1 Å². The topological polar surface area (TPSA) is 30.1 Å². The van der Waals surface area contributed by atoms with E-state index in [1.54, 1.807) is 0 Å². The molecular formula is C51H33BN2OS. The second-order valence-corrected chi connectivity index (χ2v) is 17.1. The van der Waals surface area contributed by atoms with Crippen LogP contribution in [0.5, 0.6) is 0 Å². The highest BCUT2D eigenvalue weighted by Gasteiger charge is 2.36. The number of fused-ring (bicyclic) bond motifs is 14. The third kappa shape index (κ3) is 3.93. The second-order valence-electron chi connectivity index (χ2n) is 16.1. The molecule has 1 aliphatic carbocycles. The van der Waals surface area contributed by atoms with Crippen molar-refractivity contribution in [2.45, 2.75) is 19.3 Å². The first-order valence-electron chi connectivity index (χ1n) is 19.5. The molecule has 2 aliphatic rings. The van der Waals surface area contributed by atoms with Crippen LogP contribution in [0.4, 0.5) is 11.4 Å². The molecule has 0 spiro atoms. The van der Waals surface area contributed by atoms with Crippen molar-refractivity contribution in [2.24, 2.45) is 0 Å². The standard InChI is InChI=1S/C51H33BN2OS/c1-51(2)38-18-8-5-14-31(38)32-25-23-29(26-39(32)51)53-46-30-13-4-3-12-28(30)22-24-35(46)44-45-41(27-37-33-15-6-9-20-42(33)55-49(37)44)54-47-36(17-11-19-40(47)52-45)50-48(54)34-16-7-10-21-43(34)56-50/h3-27,52-53H,1-2H3. The van der Waals surface area contributed by atoms with Gasteiger partial charge in [0.2, 0.25) is 0 Å². The number of rotatable bonds is 3. The molecule has 4 heterocycles. The van der Waals surface area contributed by atoms with Crippen LogP contribution >= 0.6 is 11.3 Å². The van der Waals surface area contributed by atoms with Gasteiger partial charge in [0.15, 0.2) is 7.28 Å². The summed E-state index contributed by atoms with van der Waals surface area (Å²) in [6, 6.07) is 55.9. The summed E-state index contributed by atoms with van der Waals surface area (Å²) in [7, 11) is 0.807. The van der Waals surface area contributed by atoms with Crippen LogP contribution in [0, 0.1) is 0 Å². The maximum atomic E-state index is 7.00. The Balaban J connectivity index is 1.12. The number of aromatic nitrogens is 1. The Bertz CT molecular complexity index is 3530. The third-order valence-corrected chi connectivity index (χ3v) is 14.0. The number of thiophene rings is 1. The molecule has 5 heteroatoms. The minimum atomic E-state index is -0.100. The van der Waals surface area contributed by atoms with Crippen LogP contribution < -0.4 is 16.2 Å². The fourth-order valence-corrected chi connectivity index (χ4v) is 11.5. The predicted octanol–water partition coefficient (Wildman–Crippen LogP) is 12.5. The summed E-state index contributed by atoms with van der Waals surface area (Å²) >= 11 is 1.91. The van der Waals surface area contributed by atoms with Crippen LogP contribution in [0.1, 0.15) is 25.0 Å². The van der Waals surface area contributed by atoms with Crippen LogP contribution in [0.25, 0.3) is 91.9 Å². The van der Waals surface area contributed by atoms with Crippen LogP contribution in [-0.2, 0) is 5.41 Å². The van der Waals surface area contributed by atoms with Crippen molar-refractivity contribution >= 4 is 105 Å². The average molecular weight is 733 g/mol. The number of anilines is 2. The van der Waals surface area contributed by atoms with Crippen molar-refractivity contribution in [3.8, 4) is 27.9 Å². The average Bonchev–Trinajstić information content (AvgIpc) is 3.95. The number of hydrogen-bond donors (Lipinski definition) is 1. The Morgan fingerprint density at radius 1 is 0.607 bits per heavy atom. The summed E-state index contributed by atoms with van der Waals surface area (Å²) in [6.45, 7) is 4.70. The summed E-state index contributed by atoms with van der Waals surface area (Å²) in [5, 5.41) is 11.3. The van der Waals surface area contributed by atoms with Gasteiger partial charge in [-0.05, 0) is 63.4 Å². The van der Waals surface area contributed by atoms with Gasteiger partial charge in [0.1, 0.15) is 11.2 Å². The Hall–Kier alpha value is -6.56. The normalized spacial score (nSPS) is 13.8. The first-order valence-corrected chi connectivity index (χ1v) is 20.3. The molecule has 0 atom stereocenters. The molecule has 11 aromatic rings. The zero-order chi connectivity index (χ0) is 36.9. The van der Waals surface area contributed by atoms with E-state index in [9.17, 15) is 0 Å². The molecule has 3 aromatic heterocycles. The molecule has 3 nitrogen and oxygen atoms in total. The fourth-order valence-electron chi connectivity index (χ4n) is 10.2. The highest BCUT2D eigenvalue weighted by Crippen LogP contribution is 2.51. The lowest BCUT2D eigenvalue weighted by atomic mass is 9.59. The number of hydrogen-bond acceptors (Lipinski definition) is 3. The van der Waals surface area contributed by atoms with E-state index in [-0.39, 0.29) is 5.41 Å². The third-order valence-electron chi connectivity index (χ3n) is 12.8. The summed E-state index contributed by atoms with van der Waals surface area (Å²) in [4.78, 5) is 0. The maximum Gasteiger partial charge on any atom is 0.198 e. The monoisotopic (exact) mass is 732 g/mol. The first-order chi connectivity index (χ1) is 27.5. The summed E-state index contributed by atoms with van der Waals surface area (Å²) in [5.41, 5.74) is 18.1. The molecule has 0 unspecified atom stereocenters. The molecule has 0 amide bonds. The van der Waals surface area contributed by atoms with Crippen molar-refractivity contribution in [3.63, 3.8) is 0 Å². The molecule has 1 N–H and O–H groups in total. The van der Waals surface area contributed by atoms with Crippen LogP contribution in [-0.4, -0.2) is 11.8 Å². The van der Waals surface area contributed by atoms with E-state index in [1.807, 2.05) is 11.3 Å². The maximum absolute atomic E-state index is 7.00. The van der Waals surface area contributed by atoms with E-state index in [1.165, 1.54) is 80.8 Å². The van der Waals surface area contributed by atoms with Gasteiger partial charge >= 0.3 is 0 Å². The number of para-hydroxylation sites is 2. The largest absolute Gasteiger partial charge is 0.455 e. The lowest BCUT2D eigenvalue weighted by Gasteiger charge is -2.25. The van der Waals surface area contributed by atoms with E-state index in [0.717, 1.165) is 51.7 Å². The molecule has 0 bridgehead atoms. The highest BCUT2D eigenvalue weighted by molar-refractivity contribution is 7.26. The van der Waals surface area contributed by atoms with Gasteiger partial charge < -0.3 is 14.3 Å². The number of nitrogens with zero attached hydrogens (tertiary/aromatic N) is 1. The van der Waals surface area contributed by atoms with Gasteiger partial charge in [-0.3, -0.25) is 0 Å². The van der Waals surface area contributed by atoms with Gasteiger partial charge in [-0.1, -0.05) is 141 Å². The van der Waals surface area contributed by atoms with Gasteiger partial charge in [-0.15, -0.1) is 11.3 Å². The summed E-state index contributed by atoms with van der Waals surface area (Å²) in [5.74, 6) is 0. The quantitative estimate of drug-likeness (QED) is 0.183. The molecule has 56 heavy (non-hydrogen) atoms. The Kier molecular flexibility index (Phi) is 5.93. The van der Waals surface area contributed by atoms with E-state index in [2.05, 4.69) is 175 Å². The predicted molar refractivity (Wildman–Crippen MR) is 240 cm³/mol. The fraction of sp³-hybridized carbons (Fsp3) is 0.0588. The molecule has 1 aliphatic heterocycles. The Morgan fingerprint density at radius 2 is 1.36 bits per heavy atom. The second kappa shape index (κ2) is 10.8. The number of nitrogens with one attached hydrogen (secondary N) is 1. The van der Waals surface area contributed by atoms with Crippen LogP contribution in [0.2, 0.25) is 0 Å². The lowest BCUT2D eigenvalue weighted by Crippen LogP contribution is -2.37. The summed E-state index contributed by atoms with van der Waals surface area (Å²) < 4.78 is 12.2. The van der Waals surface area contributed by atoms with Gasteiger partial charge in [-0.2, -0.15) is 0 Å². The van der Waals surface area contributed by atoms with Crippen molar-refractivity contribution in [1.29, 1.82) is 0 Å². The minimum Gasteiger partial charge on any atom is -0.455 e. The Labute approximate surface area is 327 Å².